The molecule has 0 aliphatic carbocycles. The first-order chi connectivity index (χ1) is 11.2. The molecule has 4 nitrogen and oxygen atoms in total. The Morgan fingerprint density at radius 1 is 1.09 bits per heavy atom. The number of halogens is 1. The third kappa shape index (κ3) is 4.02. The summed E-state index contributed by atoms with van der Waals surface area (Å²) < 4.78 is 18.9. The van der Waals surface area contributed by atoms with Crippen LogP contribution in [0.4, 0.5) is 4.39 Å². The van der Waals surface area contributed by atoms with Crippen molar-refractivity contribution >= 4 is 0 Å². The highest BCUT2D eigenvalue weighted by molar-refractivity contribution is 5.19. The number of hydrogen-bond donors (Lipinski definition) is 1. The Hall–Kier alpha value is -2.53. The van der Waals surface area contributed by atoms with Crippen LogP contribution in [-0.4, -0.2) is 10.1 Å². The molecule has 1 atom stereocenters. The Morgan fingerprint density at radius 2 is 1.83 bits per heavy atom. The van der Waals surface area contributed by atoms with E-state index in [4.69, 9.17) is 4.52 Å². The van der Waals surface area contributed by atoms with Crippen molar-refractivity contribution < 1.29 is 8.91 Å². The summed E-state index contributed by atoms with van der Waals surface area (Å²) in [5.41, 5.74) is 1.74. The summed E-state index contributed by atoms with van der Waals surface area (Å²) in [7, 11) is 0. The predicted molar refractivity (Wildman–Crippen MR) is 85.2 cm³/mol. The van der Waals surface area contributed by atoms with E-state index in [2.05, 4.69) is 15.5 Å². The van der Waals surface area contributed by atoms with Gasteiger partial charge in [-0.3, -0.25) is 0 Å². The van der Waals surface area contributed by atoms with E-state index in [9.17, 15) is 4.39 Å². The molecular formula is C18H18FN3O. The molecule has 118 valence electrons. The van der Waals surface area contributed by atoms with Crippen LogP contribution in [0.15, 0.2) is 59.1 Å². The van der Waals surface area contributed by atoms with Gasteiger partial charge >= 0.3 is 0 Å². The molecular weight excluding hydrogens is 293 g/mol. The molecule has 0 spiro atoms. The molecule has 0 saturated carbocycles. The van der Waals surface area contributed by atoms with E-state index < -0.39 is 0 Å². The Morgan fingerprint density at radius 3 is 2.61 bits per heavy atom. The van der Waals surface area contributed by atoms with Gasteiger partial charge in [-0.2, -0.15) is 4.98 Å². The second kappa shape index (κ2) is 7.15. The predicted octanol–water partition coefficient (Wildman–Crippen LogP) is 3.65. The van der Waals surface area contributed by atoms with Crippen LogP contribution in [-0.2, 0) is 13.0 Å². The first kappa shape index (κ1) is 15.4. The molecule has 0 aliphatic rings. The number of nitrogens with zero attached hydrogens (tertiary/aromatic N) is 2. The van der Waals surface area contributed by atoms with Crippen LogP contribution in [0, 0.1) is 5.82 Å². The number of nitrogens with one attached hydrogen (secondary N) is 1. The minimum Gasteiger partial charge on any atom is -0.339 e. The molecule has 2 aromatic carbocycles. The van der Waals surface area contributed by atoms with Gasteiger partial charge in [0, 0.05) is 12.1 Å². The van der Waals surface area contributed by atoms with E-state index in [1.807, 2.05) is 43.3 Å². The number of hydrogen-bond acceptors (Lipinski definition) is 4. The molecule has 23 heavy (non-hydrogen) atoms. The van der Waals surface area contributed by atoms with Gasteiger partial charge in [-0.25, -0.2) is 4.39 Å². The summed E-state index contributed by atoms with van der Waals surface area (Å²) >= 11 is 0. The molecule has 0 saturated heterocycles. The van der Waals surface area contributed by atoms with Crippen molar-refractivity contribution in [1.29, 1.82) is 0 Å². The van der Waals surface area contributed by atoms with E-state index >= 15 is 0 Å². The second-order valence-electron chi connectivity index (χ2n) is 5.40. The highest BCUT2D eigenvalue weighted by atomic mass is 19.1. The van der Waals surface area contributed by atoms with Crippen LogP contribution >= 0.6 is 0 Å². The molecule has 5 heteroatoms. The lowest BCUT2D eigenvalue weighted by molar-refractivity contribution is 0.372. The SMILES string of the molecule is C[C@H](NCc1ccccc1F)c1noc(Cc2ccccc2)n1. The molecule has 0 amide bonds. The van der Waals surface area contributed by atoms with E-state index in [1.165, 1.54) is 6.07 Å². The second-order valence-corrected chi connectivity index (χ2v) is 5.40. The fourth-order valence-corrected chi connectivity index (χ4v) is 2.28. The van der Waals surface area contributed by atoms with Crippen LogP contribution in [0.1, 0.15) is 35.8 Å². The first-order valence-electron chi connectivity index (χ1n) is 7.55. The quantitative estimate of drug-likeness (QED) is 0.755. The van der Waals surface area contributed by atoms with Gasteiger partial charge in [0.1, 0.15) is 5.82 Å². The van der Waals surface area contributed by atoms with Crippen molar-refractivity contribution in [3.8, 4) is 0 Å². The average molecular weight is 311 g/mol. The van der Waals surface area contributed by atoms with Gasteiger partial charge in [0.15, 0.2) is 5.82 Å². The van der Waals surface area contributed by atoms with Crippen molar-refractivity contribution in [3.63, 3.8) is 0 Å². The maximum Gasteiger partial charge on any atom is 0.231 e. The Labute approximate surface area is 134 Å². The maximum atomic E-state index is 13.6. The molecule has 0 radical (unpaired) electrons. The van der Waals surface area contributed by atoms with E-state index in [1.54, 1.807) is 12.1 Å². The van der Waals surface area contributed by atoms with Gasteiger partial charge in [-0.05, 0) is 18.6 Å². The van der Waals surface area contributed by atoms with Crippen molar-refractivity contribution in [1.82, 2.24) is 15.5 Å². The molecule has 1 aromatic heterocycles. The first-order valence-corrected chi connectivity index (χ1v) is 7.55. The lowest BCUT2D eigenvalue weighted by atomic mass is 10.1. The highest BCUT2D eigenvalue weighted by Gasteiger charge is 2.14. The number of benzene rings is 2. The lowest BCUT2D eigenvalue weighted by Crippen LogP contribution is -2.19. The molecule has 1 N–H and O–H groups in total. The summed E-state index contributed by atoms with van der Waals surface area (Å²) in [5, 5.41) is 7.21. The summed E-state index contributed by atoms with van der Waals surface area (Å²) in [6, 6.07) is 16.5. The third-order valence-corrected chi connectivity index (χ3v) is 3.63. The summed E-state index contributed by atoms with van der Waals surface area (Å²) in [4.78, 5) is 4.41. The molecule has 1 heterocycles. The molecule has 0 bridgehead atoms. The van der Waals surface area contributed by atoms with Crippen LogP contribution in [0.2, 0.25) is 0 Å². The smallest absolute Gasteiger partial charge is 0.231 e. The normalized spacial score (nSPS) is 12.3. The lowest BCUT2D eigenvalue weighted by Gasteiger charge is -2.10. The van der Waals surface area contributed by atoms with Crippen molar-refractivity contribution in [2.45, 2.75) is 25.9 Å². The van der Waals surface area contributed by atoms with Gasteiger partial charge in [-0.1, -0.05) is 53.7 Å². The molecule has 0 fully saturated rings. The number of aromatic nitrogens is 2. The zero-order valence-electron chi connectivity index (χ0n) is 12.9. The third-order valence-electron chi connectivity index (χ3n) is 3.63. The largest absolute Gasteiger partial charge is 0.339 e. The summed E-state index contributed by atoms with van der Waals surface area (Å²) in [6.07, 6.45) is 0.605. The molecule has 3 rings (SSSR count). The minimum atomic E-state index is -0.218. The van der Waals surface area contributed by atoms with Crippen LogP contribution < -0.4 is 5.32 Å². The Bertz CT molecular complexity index is 758. The van der Waals surface area contributed by atoms with Crippen LogP contribution in [0.5, 0.6) is 0 Å². The van der Waals surface area contributed by atoms with Crippen molar-refractivity contribution in [2.75, 3.05) is 0 Å². The Balaban J connectivity index is 1.60. The maximum absolute atomic E-state index is 13.6. The molecule has 0 aliphatic heterocycles. The fraction of sp³-hybridized carbons (Fsp3) is 0.222. The minimum absolute atomic E-state index is 0.122. The van der Waals surface area contributed by atoms with Crippen LogP contribution in [0.25, 0.3) is 0 Å². The molecule has 3 aromatic rings. The fourth-order valence-electron chi connectivity index (χ4n) is 2.28. The van der Waals surface area contributed by atoms with Crippen molar-refractivity contribution in [2.24, 2.45) is 0 Å². The van der Waals surface area contributed by atoms with E-state index in [0.717, 1.165) is 5.56 Å². The van der Waals surface area contributed by atoms with Gasteiger partial charge in [-0.15, -0.1) is 0 Å². The highest BCUT2D eigenvalue weighted by Crippen LogP contribution is 2.13. The van der Waals surface area contributed by atoms with Gasteiger partial charge in [0.2, 0.25) is 5.89 Å². The summed E-state index contributed by atoms with van der Waals surface area (Å²) in [6.45, 7) is 2.34. The average Bonchev–Trinajstić information content (AvgIpc) is 3.03. The van der Waals surface area contributed by atoms with Crippen LogP contribution in [0.3, 0.4) is 0 Å². The van der Waals surface area contributed by atoms with Gasteiger partial charge in [0.25, 0.3) is 0 Å². The van der Waals surface area contributed by atoms with E-state index in [-0.39, 0.29) is 11.9 Å². The van der Waals surface area contributed by atoms with Crippen molar-refractivity contribution in [3.05, 3.63) is 83.3 Å². The standard InChI is InChI=1S/C18H18FN3O/c1-13(20-12-15-9-5-6-10-16(15)19)18-21-17(23-22-18)11-14-7-3-2-4-8-14/h2-10,13,20H,11-12H2,1H3/t13-/m0/s1. The Kier molecular flexibility index (Phi) is 4.78. The topological polar surface area (TPSA) is 51.0 Å². The van der Waals surface area contributed by atoms with Gasteiger partial charge in [0.05, 0.1) is 12.5 Å². The monoisotopic (exact) mass is 311 g/mol. The van der Waals surface area contributed by atoms with Gasteiger partial charge < -0.3 is 9.84 Å². The molecule has 0 unspecified atom stereocenters. The summed E-state index contributed by atoms with van der Waals surface area (Å²) in [5.74, 6) is 0.933. The zero-order chi connectivity index (χ0) is 16.1. The number of rotatable bonds is 6. The van der Waals surface area contributed by atoms with E-state index in [0.29, 0.717) is 30.2 Å². The zero-order valence-corrected chi connectivity index (χ0v) is 12.9.